The van der Waals surface area contributed by atoms with Crippen molar-refractivity contribution in [1.82, 2.24) is 15.0 Å². The van der Waals surface area contributed by atoms with Crippen molar-refractivity contribution in [3.63, 3.8) is 0 Å². The molecule has 0 amide bonds. The molecule has 0 fully saturated rings. The lowest BCUT2D eigenvalue weighted by Gasteiger charge is -2.04. The van der Waals surface area contributed by atoms with Gasteiger partial charge in [0.2, 0.25) is 0 Å². The number of nitrogens with zero attached hydrogens (tertiary/aromatic N) is 3. The van der Waals surface area contributed by atoms with E-state index < -0.39 is 11.5 Å². The summed E-state index contributed by atoms with van der Waals surface area (Å²) in [5.74, 6) is -1.49. The Kier molecular flexibility index (Phi) is 3.56. The van der Waals surface area contributed by atoms with Crippen LogP contribution >= 0.6 is 11.8 Å². The largest absolute Gasteiger partial charge is 0.476 e. The van der Waals surface area contributed by atoms with Crippen molar-refractivity contribution in [2.24, 2.45) is 0 Å². The van der Waals surface area contributed by atoms with Crippen molar-refractivity contribution in [2.75, 3.05) is 5.75 Å². The summed E-state index contributed by atoms with van der Waals surface area (Å²) in [6.07, 6.45) is 1.08. The molecule has 0 aliphatic heterocycles. The van der Waals surface area contributed by atoms with Gasteiger partial charge in [0.25, 0.3) is 0 Å². The summed E-state index contributed by atoms with van der Waals surface area (Å²) in [5.41, 5.74) is -4.57. The predicted octanol–water partition coefficient (Wildman–Crippen LogP) is 1.23. The van der Waals surface area contributed by atoms with E-state index in [-0.39, 0.29) is 29.8 Å². The second kappa shape index (κ2) is 4.51. The molecule has 1 aromatic heterocycles. The van der Waals surface area contributed by atoms with E-state index in [4.69, 9.17) is 5.11 Å². The molecule has 84 valence electrons. The SMILES string of the molecule is O=C(O)c1cn(CCSC(F)(F)F)nn1. The molecular weight excluding hydrogens is 235 g/mol. The Hall–Kier alpha value is -1.25. The quantitative estimate of drug-likeness (QED) is 0.858. The first-order valence-corrected chi connectivity index (χ1v) is 4.71. The van der Waals surface area contributed by atoms with Gasteiger partial charge in [0, 0.05) is 5.75 Å². The van der Waals surface area contributed by atoms with Gasteiger partial charge in [-0.05, 0) is 11.8 Å². The van der Waals surface area contributed by atoms with Gasteiger partial charge in [0.1, 0.15) is 0 Å². The normalized spacial score (nSPS) is 11.7. The number of alkyl halides is 3. The summed E-state index contributed by atoms with van der Waals surface area (Å²) in [5, 5.41) is 15.1. The van der Waals surface area contributed by atoms with Crippen LogP contribution in [-0.4, -0.2) is 37.3 Å². The third-order valence-electron chi connectivity index (χ3n) is 1.34. The second-order valence-electron chi connectivity index (χ2n) is 2.47. The highest BCUT2D eigenvalue weighted by Gasteiger charge is 2.27. The maximum absolute atomic E-state index is 11.7. The van der Waals surface area contributed by atoms with Crippen LogP contribution in [0.5, 0.6) is 0 Å². The topological polar surface area (TPSA) is 68.0 Å². The van der Waals surface area contributed by atoms with E-state index in [1.54, 1.807) is 0 Å². The van der Waals surface area contributed by atoms with Gasteiger partial charge >= 0.3 is 11.5 Å². The summed E-state index contributed by atoms with van der Waals surface area (Å²) in [4.78, 5) is 10.3. The lowest BCUT2D eigenvalue weighted by Crippen LogP contribution is -2.07. The van der Waals surface area contributed by atoms with Crippen molar-refractivity contribution in [2.45, 2.75) is 12.1 Å². The minimum atomic E-state index is -4.28. The number of aryl methyl sites for hydroxylation is 1. The van der Waals surface area contributed by atoms with Crippen LogP contribution in [0, 0.1) is 0 Å². The third-order valence-corrected chi connectivity index (χ3v) is 2.06. The summed E-state index contributed by atoms with van der Waals surface area (Å²) in [6, 6.07) is 0. The smallest absolute Gasteiger partial charge is 0.441 e. The highest BCUT2D eigenvalue weighted by molar-refractivity contribution is 8.00. The van der Waals surface area contributed by atoms with E-state index in [9.17, 15) is 18.0 Å². The molecule has 1 aromatic rings. The van der Waals surface area contributed by atoms with Gasteiger partial charge in [-0.2, -0.15) is 13.2 Å². The number of aromatic nitrogens is 3. The molecule has 0 bridgehead atoms. The Morgan fingerprint density at radius 1 is 1.60 bits per heavy atom. The van der Waals surface area contributed by atoms with E-state index in [0.717, 1.165) is 10.9 Å². The fourth-order valence-electron chi connectivity index (χ4n) is 0.761. The van der Waals surface area contributed by atoms with E-state index >= 15 is 0 Å². The van der Waals surface area contributed by atoms with Crippen LogP contribution in [0.3, 0.4) is 0 Å². The molecule has 0 saturated heterocycles. The van der Waals surface area contributed by atoms with Gasteiger partial charge < -0.3 is 5.11 Å². The number of carbonyl (C=O) groups is 1. The van der Waals surface area contributed by atoms with Crippen LogP contribution in [0.4, 0.5) is 13.2 Å². The first-order valence-electron chi connectivity index (χ1n) is 3.72. The third kappa shape index (κ3) is 4.19. The number of aromatic carboxylic acids is 1. The lowest BCUT2D eigenvalue weighted by molar-refractivity contribution is -0.0328. The van der Waals surface area contributed by atoms with Crippen molar-refractivity contribution >= 4 is 17.7 Å². The second-order valence-corrected chi connectivity index (χ2v) is 3.63. The van der Waals surface area contributed by atoms with Crippen LogP contribution < -0.4 is 0 Å². The molecule has 1 N–H and O–H groups in total. The van der Waals surface area contributed by atoms with Crippen LogP contribution in [0.1, 0.15) is 10.5 Å². The fourth-order valence-corrected chi connectivity index (χ4v) is 1.27. The molecule has 0 saturated carbocycles. The molecule has 9 heteroatoms. The Labute approximate surface area is 86.3 Å². The number of hydrogen-bond donors (Lipinski definition) is 1. The summed E-state index contributed by atoms with van der Waals surface area (Å²) >= 11 is -0.190. The highest BCUT2D eigenvalue weighted by atomic mass is 32.2. The predicted molar refractivity (Wildman–Crippen MR) is 45.5 cm³/mol. The molecule has 0 aliphatic rings. The van der Waals surface area contributed by atoms with Crippen LogP contribution in [0.25, 0.3) is 0 Å². The molecular formula is C6H6F3N3O2S. The molecule has 1 heterocycles. The Bertz CT molecular complexity index is 352. The Morgan fingerprint density at radius 2 is 2.27 bits per heavy atom. The number of rotatable bonds is 4. The monoisotopic (exact) mass is 241 g/mol. The molecule has 5 nitrogen and oxygen atoms in total. The maximum Gasteiger partial charge on any atom is 0.441 e. The van der Waals surface area contributed by atoms with Crippen molar-refractivity contribution in [3.8, 4) is 0 Å². The highest BCUT2D eigenvalue weighted by Crippen LogP contribution is 2.29. The minimum absolute atomic E-state index is 0.0372. The maximum atomic E-state index is 11.7. The van der Waals surface area contributed by atoms with Crippen molar-refractivity contribution in [3.05, 3.63) is 11.9 Å². The number of halogens is 3. The zero-order valence-corrected chi connectivity index (χ0v) is 8.05. The Morgan fingerprint density at radius 3 is 2.73 bits per heavy atom. The van der Waals surface area contributed by atoms with Gasteiger partial charge in [0.15, 0.2) is 5.69 Å². The average Bonchev–Trinajstić information content (AvgIpc) is 2.50. The zero-order valence-electron chi connectivity index (χ0n) is 7.23. The van der Waals surface area contributed by atoms with Crippen LogP contribution in [0.2, 0.25) is 0 Å². The molecule has 0 aliphatic carbocycles. The van der Waals surface area contributed by atoms with Crippen molar-refractivity contribution < 1.29 is 23.1 Å². The standard InChI is InChI=1S/C6H6F3N3O2S/c7-6(8,9)15-2-1-12-3-4(5(13)14)10-11-12/h3H,1-2H2,(H,13,14). The van der Waals surface area contributed by atoms with Gasteiger partial charge in [-0.25, -0.2) is 4.79 Å². The van der Waals surface area contributed by atoms with E-state index in [2.05, 4.69) is 10.3 Å². The number of carboxylic acid groups (broad SMARTS) is 1. The fraction of sp³-hybridized carbons (Fsp3) is 0.500. The molecule has 0 radical (unpaired) electrons. The van der Waals surface area contributed by atoms with E-state index in [1.165, 1.54) is 0 Å². The lowest BCUT2D eigenvalue weighted by atomic mass is 10.5. The molecule has 0 unspecified atom stereocenters. The van der Waals surface area contributed by atoms with Crippen LogP contribution in [-0.2, 0) is 6.54 Å². The molecule has 0 atom stereocenters. The van der Waals surface area contributed by atoms with Gasteiger partial charge in [0.05, 0.1) is 12.7 Å². The molecule has 15 heavy (non-hydrogen) atoms. The number of hydrogen-bond acceptors (Lipinski definition) is 4. The minimum Gasteiger partial charge on any atom is -0.476 e. The van der Waals surface area contributed by atoms with Crippen molar-refractivity contribution in [1.29, 1.82) is 0 Å². The summed E-state index contributed by atoms with van der Waals surface area (Å²) < 4.78 is 36.2. The first-order chi connectivity index (χ1) is 6.88. The summed E-state index contributed by atoms with van der Waals surface area (Å²) in [6.45, 7) is -0.0372. The van der Waals surface area contributed by atoms with Gasteiger partial charge in [-0.15, -0.1) is 5.10 Å². The Balaban J connectivity index is 2.41. The van der Waals surface area contributed by atoms with E-state index in [1.807, 2.05) is 0 Å². The number of carboxylic acids is 1. The molecule has 1 rings (SSSR count). The average molecular weight is 241 g/mol. The van der Waals surface area contributed by atoms with Gasteiger partial charge in [-0.1, -0.05) is 5.21 Å². The first kappa shape index (κ1) is 11.8. The summed E-state index contributed by atoms with van der Waals surface area (Å²) in [7, 11) is 0. The van der Waals surface area contributed by atoms with Crippen LogP contribution in [0.15, 0.2) is 6.20 Å². The molecule has 0 spiro atoms. The van der Waals surface area contributed by atoms with E-state index in [0.29, 0.717) is 0 Å². The number of thioether (sulfide) groups is 1. The van der Waals surface area contributed by atoms with Gasteiger partial charge in [-0.3, -0.25) is 4.68 Å². The zero-order chi connectivity index (χ0) is 11.5. The molecule has 0 aromatic carbocycles.